The summed E-state index contributed by atoms with van der Waals surface area (Å²) in [4.78, 5) is -0.125. The predicted octanol–water partition coefficient (Wildman–Crippen LogP) is 2.59. The zero-order valence-electron chi connectivity index (χ0n) is 5.35. The van der Waals surface area contributed by atoms with Crippen LogP contribution in [-0.4, -0.2) is 11.7 Å². The molecule has 0 amide bonds. The fourth-order valence-electron chi connectivity index (χ4n) is 0.627. The molecule has 1 aromatic rings. The quantitative estimate of drug-likeness (QED) is 0.846. The van der Waals surface area contributed by atoms with E-state index in [1.54, 1.807) is 5.38 Å². The molecule has 0 fully saturated rings. The summed E-state index contributed by atoms with van der Waals surface area (Å²) in [6.07, 6.45) is 0. The Hall–Kier alpha value is -0.000000000000000111. The molecule has 0 saturated carbocycles. The van der Waals surface area contributed by atoms with Crippen LogP contribution in [0.25, 0.3) is 0 Å². The van der Waals surface area contributed by atoms with Crippen molar-refractivity contribution in [3.63, 3.8) is 0 Å². The minimum Gasteiger partial charge on any atom is -0.390 e. The van der Waals surface area contributed by atoms with E-state index in [-0.39, 0.29) is 4.88 Å². The Morgan fingerprint density at radius 2 is 2.27 bits per heavy atom. The Morgan fingerprint density at radius 3 is 2.64 bits per heavy atom. The van der Waals surface area contributed by atoms with Crippen molar-refractivity contribution >= 4 is 27.3 Å². The summed E-state index contributed by atoms with van der Waals surface area (Å²) in [5.41, 5.74) is 0. The first kappa shape index (κ1) is 9.09. The lowest BCUT2D eigenvalue weighted by atomic mass is 10.3. The Kier molecular flexibility index (Phi) is 2.61. The van der Waals surface area contributed by atoms with Gasteiger partial charge in [-0.3, -0.25) is 0 Å². The second-order valence-electron chi connectivity index (χ2n) is 1.96. The van der Waals surface area contributed by atoms with Crippen molar-refractivity contribution in [2.24, 2.45) is 0 Å². The topological polar surface area (TPSA) is 20.2 Å². The summed E-state index contributed by atoms with van der Waals surface area (Å²) < 4.78 is 25.8. The number of rotatable bonds is 2. The molecule has 0 unspecified atom stereocenters. The minimum absolute atomic E-state index is 0.125. The summed E-state index contributed by atoms with van der Waals surface area (Å²) in [5.74, 6) is -3.12. The van der Waals surface area contributed by atoms with Gasteiger partial charge in [0.2, 0.25) is 0 Å². The first-order chi connectivity index (χ1) is 5.08. The van der Waals surface area contributed by atoms with Crippen molar-refractivity contribution in [3.8, 4) is 0 Å². The van der Waals surface area contributed by atoms with Crippen molar-refractivity contribution in [1.29, 1.82) is 0 Å². The van der Waals surface area contributed by atoms with Gasteiger partial charge in [-0.2, -0.15) is 8.78 Å². The predicted molar refractivity (Wildman–Crippen MR) is 43.0 cm³/mol. The monoisotopic (exact) mass is 242 g/mol. The summed E-state index contributed by atoms with van der Waals surface area (Å²) in [6, 6.07) is 1.53. The minimum atomic E-state index is -3.12. The van der Waals surface area contributed by atoms with Crippen LogP contribution >= 0.6 is 27.3 Å². The van der Waals surface area contributed by atoms with Crippen LogP contribution in [-0.2, 0) is 5.92 Å². The SMILES string of the molecule is OCC(F)(F)c1sccc1Br. The number of aliphatic hydroxyl groups excluding tert-OH is 1. The van der Waals surface area contributed by atoms with Gasteiger partial charge in [0, 0.05) is 4.47 Å². The van der Waals surface area contributed by atoms with Gasteiger partial charge in [-0.25, -0.2) is 0 Å². The Labute approximate surface area is 74.8 Å². The molecule has 0 aliphatic carbocycles. The average molecular weight is 243 g/mol. The van der Waals surface area contributed by atoms with Crippen LogP contribution in [0.2, 0.25) is 0 Å². The van der Waals surface area contributed by atoms with Gasteiger partial charge in [0.25, 0.3) is 0 Å². The van der Waals surface area contributed by atoms with E-state index in [4.69, 9.17) is 5.11 Å². The van der Waals surface area contributed by atoms with Gasteiger partial charge in [-0.1, -0.05) is 0 Å². The third kappa shape index (κ3) is 1.77. The lowest BCUT2D eigenvalue weighted by molar-refractivity contribution is -0.0529. The molecule has 0 radical (unpaired) electrons. The second-order valence-corrected chi connectivity index (χ2v) is 3.73. The molecule has 62 valence electrons. The Morgan fingerprint density at radius 1 is 1.64 bits per heavy atom. The maximum Gasteiger partial charge on any atom is 0.305 e. The summed E-state index contributed by atoms with van der Waals surface area (Å²) in [6.45, 7) is -1.15. The van der Waals surface area contributed by atoms with Crippen molar-refractivity contribution < 1.29 is 13.9 Å². The van der Waals surface area contributed by atoms with Crippen molar-refractivity contribution in [3.05, 3.63) is 20.8 Å². The number of alkyl halides is 2. The lowest BCUT2D eigenvalue weighted by Gasteiger charge is -2.10. The fourth-order valence-corrected chi connectivity index (χ4v) is 2.26. The smallest absolute Gasteiger partial charge is 0.305 e. The highest BCUT2D eigenvalue weighted by molar-refractivity contribution is 9.10. The molecule has 1 heterocycles. The highest BCUT2D eigenvalue weighted by Gasteiger charge is 2.33. The van der Waals surface area contributed by atoms with E-state index < -0.39 is 12.5 Å². The van der Waals surface area contributed by atoms with Crippen LogP contribution in [0.4, 0.5) is 8.78 Å². The van der Waals surface area contributed by atoms with Crippen molar-refractivity contribution in [1.82, 2.24) is 0 Å². The maximum absolute atomic E-state index is 12.7. The highest BCUT2D eigenvalue weighted by Crippen LogP contribution is 2.36. The molecule has 11 heavy (non-hydrogen) atoms. The van der Waals surface area contributed by atoms with Gasteiger partial charge in [-0.05, 0) is 27.4 Å². The van der Waals surface area contributed by atoms with Gasteiger partial charge in [0.05, 0.1) is 4.88 Å². The van der Waals surface area contributed by atoms with Gasteiger partial charge in [-0.15, -0.1) is 11.3 Å². The van der Waals surface area contributed by atoms with Crippen LogP contribution < -0.4 is 0 Å². The maximum atomic E-state index is 12.7. The normalized spacial score (nSPS) is 12.0. The largest absolute Gasteiger partial charge is 0.390 e. The first-order valence-electron chi connectivity index (χ1n) is 2.80. The van der Waals surface area contributed by atoms with Crippen LogP contribution in [0.5, 0.6) is 0 Å². The van der Waals surface area contributed by atoms with Gasteiger partial charge in [0.1, 0.15) is 6.61 Å². The molecule has 0 aromatic carbocycles. The molecule has 0 saturated heterocycles. The molecule has 0 bridgehead atoms. The van der Waals surface area contributed by atoms with E-state index in [0.29, 0.717) is 4.47 Å². The van der Waals surface area contributed by atoms with E-state index in [1.807, 2.05) is 0 Å². The van der Waals surface area contributed by atoms with Crippen LogP contribution in [0.15, 0.2) is 15.9 Å². The standard InChI is InChI=1S/C6H5BrF2OS/c7-4-1-2-11-5(4)6(8,9)3-10/h1-2,10H,3H2. The van der Waals surface area contributed by atoms with Crippen LogP contribution in [0, 0.1) is 0 Å². The second kappa shape index (κ2) is 3.16. The highest BCUT2D eigenvalue weighted by atomic mass is 79.9. The molecule has 5 heteroatoms. The molecule has 1 aromatic heterocycles. The van der Waals surface area contributed by atoms with Crippen molar-refractivity contribution in [2.75, 3.05) is 6.61 Å². The molecule has 0 aliphatic rings. The lowest BCUT2D eigenvalue weighted by Crippen LogP contribution is -2.16. The summed E-state index contributed by atoms with van der Waals surface area (Å²) >= 11 is 3.89. The molecule has 0 spiro atoms. The Bertz CT molecular complexity index is 248. The van der Waals surface area contributed by atoms with Crippen LogP contribution in [0.3, 0.4) is 0 Å². The summed E-state index contributed by atoms with van der Waals surface area (Å²) in [5, 5.41) is 9.87. The van der Waals surface area contributed by atoms with Crippen molar-refractivity contribution in [2.45, 2.75) is 5.92 Å². The number of aliphatic hydroxyl groups is 1. The van der Waals surface area contributed by atoms with Gasteiger partial charge < -0.3 is 5.11 Å². The zero-order chi connectivity index (χ0) is 8.48. The molecular weight excluding hydrogens is 238 g/mol. The van der Waals surface area contributed by atoms with Crippen LogP contribution in [0.1, 0.15) is 4.88 Å². The number of halogens is 3. The number of thiophene rings is 1. The zero-order valence-corrected chi connectivity index (χ0v) is 7.75. The first-order valence-corrected chi connectivity index (χ1v) is 4.47. The molecule has 1 rings (SSSR count). The van der Waals surface area contributed by atoms with Gasteiger partial charge >= 0.3 is 5.92 Å². The molecule has 1 nitrogen and oxygen atoms in total. The van der Waals surface area contributed by atoms with E-state index in [9.17, 15) is 8.78 Å². The van der Waals surface area contributed by atoms with Gasteiger partial charge in [0.15, 0.2) is 0 Å². The molecule has 0 atom stereocenters. The average Bonchev–Trinajstić information content (AvgIpc) is 2.36. The number of hydrogen-bond donors (Lipinski definition) is 1. The summed E-state index contributed by atoms with van der Waals surface area (Å²) in [7, 11) is 0. The van der Waals surface area contributed by atoms with E-state index >= 15 is 0 Å². The third-order valence-corrected chi connectivity index (χ3v) is 3.10. The molecule has 1 N–H and O–H groups in total. The van der Waals surface area contributed by atoms with E-state index in [1.165, 1.54) is 6.07 Å². The fraction of sp³-hybridized carbons (Fsp3) is 0.333. The van der Waals surface area contributed by atoms with E-state index in [2.05, 4.69) is 15.9 Å². The molecular formula is C6H5BrF2OS. The van der Waals surface area contributed by atoms with E-state index in [0.717, 1.165) is 11.3 Å². The third-order valence-electron chi connectivity index (χ3n) is 1.15. The molecule has 0 aliphatic heterocycles. The number of hydrogen-bond acceptors (Lipinski definition) is 2. The Balaban J connectivity index is 3.00.